The lowest BCUT2D eigenvalue weighted by Crippen LogP contribution is -2.24. The first-order valence-electron chi connectivity index (χ1n) is 9.46. The predicted octanol–water partition coefficient (Wildman–Crippen LogP) is 4.43. The number of benzene rings is 2. The Labute approximate surface area is 164 Å². The first-order chi connectivity index (χ1) is 13.8. The normalized spacial score (nSPS) is 14.1. The maximum absolute atomic E-state index is 13.5. The molecule has 1 aromatic heterocycles. The van der Waals surface area contributed by atoms with E-state index >= 15 is 0 Å². The van der Waals surface area contributed by atoms with Crippen LogP contribution in [-0.2, 0) is 13.0 Å². The van der Waals surface area contributed by atoms with E-state index in [0.29, 0.717) is 13.2 Å². The molecule has 0 fully saturated rings. The van der Waals surface area contributed by atoms with E-state index in [1.54, 1.807) is 13.3 Å². The van der Waals surface area contributed by atoms with Crippen molar-refractivity contribution in [2.24, 2.45) is 0 Å². The molecule has 0 radical (unpaired) electrons. The van der Waals surface area contributed by atoms with E-state index in [1.807, 2.05) is 36.5 Å². The summed E-state index contributed by atoms with van der Waals surface area (Å²) in [5.74, 6) is 1.33. The monoisotopic (exact) mass is 378 g/mol. The highest BCUT2D eigenvalue weighted by molar-refractivity contribution is 5.54. The Morgan fingerprint density at radius 1 is 1.18 bits per heavy atom. The van der Waals surface area contributed by atoms with Gasteiger partial charge in [0, 0.05) is 24.5 Å². The van der Waals surface area contributed by atoms with E-state index in [9.17, 15) is 4.39 Å². The molecule has 0 amide bonds. The molecular formula is C23H23FN2O2. The number of aromatic nitrogens is 1. The largest absolute Gasteiger partial charge is 0.493 e. The van der Waals surface area contributed by atoms with Crippen LogP contribution in [0.1, 0.15) is 34.7 Å². The molecule has 1 N–H and O–H groups in total. The second kappa shape index (κ2) is 8.40. The lowest BCUT2D eigenvalue weighted by atomic mass is 9.90. The summed E-state index contributed by atoms with van der Waals surface area (Å²) in [4.78, 5) is 4.19. The summed E-state index contributed by atoms with van der Waals surface area (Å²) >= 11 is 0. The van der Waals surface area contributed by atoms with E-state index in [0.717, 1.165) is 46.6 Å². The molecule has 1 unspecified atom stereocenters. The molecule has 0 bridgehead atoms. The van der Waals surface area contributed by atoms with Gasteiger partial charge in [0.2, 0.25) is 0 Å². The second-order valence-corrected chi connectivity index (χ2v) is 6.84. The van der Waals surface area contributed by atoms with Gasteiger partial charge in [0.25, 0.3) is 0 Å². The van der Waals surface area contributed by atoms with Crippen molar-refractivity contribution in [2.45, 2.75) is 25.4 Å². The molecular weight excluding hydrogens is 355 g/mol. The van der Waals surface area contributed by atoms with Crippen LogP contribution >= 0.6 is 0 Å². The molecule has 4 nitrogen and oxygen atoms in total. The fraction of sp³-hybridized carbons (Fsp3) is 0.261. The number of halogens is 1. The number of fused-ring (bicyclic) bond motifs is 1. The molecule has 2 aromatic carbocycles. The molecule has 1 aliphatic rings. The van der Waals surface area contributed by atoms with Gasteiger partial charge in [0.15, 0.2) is 11.5 Å². The number of ether oxygens (including phenoxy) is 2. The van der Waals surface area contributed by atoms with Gasteiger partial charge in [0.1, 0.15) is 5.82 Å². The van der Waals surface area contributed by atoms with Crippen molar-refractivity contribution < 1.29 is 13.9 Å². The SMILES string of the molecule is COc1ccc(C(NCc2cccnc2)c2ccc(F)cc2)c2c1OCCC2. The molecule has 0 spiro atoms. The number of hydrogen-bond donors (Lipinski definition) is 1. The summed E-state index contributed by atoms with van der Waals surface area (Å²) in [6.07, 6.45) is 5.50. The summed E-state index contributed by atoms with van der Waals surface area (Å²) in [6, 6.07) is 14.6. The van der Waals surface area contributed by atoms with Crippen molar-refractivity contribution in [2.75, 3.05) is 13.7 Å². The first kappa shape index (κ1) is 18.4. The highest BCUT2D eigenvalue weighted by Crippen LogP contribution is 2.40. The molecule has 0 saturated carbocycles. The average Bonchev–Trinajstić information content (AvgIpc) is 2.75. The Morgan fingerprint density at radius 2 is 2.04 bits per heavy atom. The number of nitrogens with one attached hydrogen (secondary N) is 1. The topological polar surface area (TPSA) is 43.4 Å². The number of methoxy groups -OCH3 is 1. The van der Waals surface area contributed by atoms with Crippen LogP contribution in [0.5, 0.6) is 11.5 Å². The molecule has 28 heavy (non-hydrogen) atoms. The van der Waals surface area contributed by atoms with E-state index in [-0.39, 0.29) is 11.9 Å². The summed E-state index contributed by atoms with van der Waals surface area (Å²) in [5.41, 5.74) is 4.38. The van der Waals surface area contributed by atoms with E-state index in [2.05, 4.69) is 16.4 Å². The van der Waals surface area contributed by atoms with E-state index < -0.39 is 0 Å². The number of pyridine rings is 1. The van der Waals surface area contributed by atoms with Gasteiger partial charge in [-0.1, -0.05) is 24.3 Å². The van der Waals surface area contributed by atoms with E-state index in [4.69, 9.17) is 9.47 Å². The Kier molecular flexibility index (Phi) is 5.53. The minimum atomic E-state index is -0.241. The third-order valence-corrected chi connectivity index (χ3v) is 5.05. The zero-order valence-corrected chi connectivity index (χ0v) is 15.8. The fourth-order valence-corrected chi connectivity index (χ4v) is 3.68. The lowest BCUT2D eigenvalue weighted by molar-refractivity contribution is 0.268. The molecule has 5 heteroatoms. The van der Waals surface area contributed by atoms with Crippen molar-refractivity contribution in [3.63, 3.8) is 0 Å². The zero-order valence-electron chi connectivity index (χ0n) is 15.8. The van der Waals surface area contributed by atoms with E-state index in [1.165, 1.54) is 12.1 Å². The summed E-state index contributed by atoms with van der Waals surface area (Å²) in [7, 11) is 1.66. The summed E-state index contributed by atoms with van der Waals surface area (Å²) in [6.45, 7) is 1.34. The first-order valence-corrected chi connectivity index (χ1v) is 9.46. The molecule has 1 aliphatic heterocycles. The van der Waals surface area contributed by atoms with Crippen LogP contribution in [0.4, 0.5) is 4.39 Å². The Morgan fingerprint density at radius 3 is 2.79 bits per heavy atom. The van der Waals surface area contributed by atoms with Crippen molar-refractivity contribution in [1.82, 2.24) is 10.3 Å². The predicted molar refractivity (Wildman–Crippen MR) is 106 cm³/mol. The average molecular weight is 378 g/mol. The Hall–Kier alpha value is -2.92. The molecule has 144 valence electrons. The Balaban J connectivity index is 1.73. The van der Waals surface area contributed by atoms with Crippen LogP contribution in [0.2, 0.25) is 0 Å². The van der Waals surface area contributed by atoms with Crippen LogP contribution in [0.3, 0.4) is 0 Å². The zero-order chi connectivity index (χ0) is 19.3. The van der Waals surface area contributed by atoms with Crippen molar-refractivity contribution >= 4 is 0 Å². The Bertz CT molecular complexity index is 929. The summed E-state index contributed by atoms with van der Waals surface area (Å²) < 4.78 is 24.9. The molecule has 2 heterocycles. The van der Waals surface area contributed by atoms with Gasteiger partial charge in [-0.05, 0) is 53.8 Å². The molecule has 3 aromatic rings. The van der Waals surface area contributed by atoms with Gasteiger partial charge >= 0.3 is 0 Å². The molecule has 0 aliphatic carbocycles. The van der Waals surface area contributed by atoms with Crippen LogP contribution in [-0.4, -0.2) is 18.7 Å². The van der Waals surface area contributed by atoms with Gasteiger partial charge in [-0.3, -0.25) is 4.98 Å². The smallest absolute Gasteiger partial charge is 0.164 e. The maximum Gasteiger partial charge on any atom is 0.164 e. The second-order valence-electron chi connectivity index (χ2n) is 6.84. The van der Waals surface area contributed by atoms with Crippen molar-refractivity contribution in [1.29, 1.82) is 0 Å². The minimum absolute atomic E-state index is 0.0952. The standard InChI is InChI=1S/C23H23FN2O2/c1-27-21-11-10-19(20-5-3-13-28-23(20)21)22(17-6-8-18(24)9-7-17)26-15-16-4-2-12-25-14-16/h2,4,6-12,14,22,26H,3,5,13,15H2,1H3. The quantitative estimate of drug-likeness (QED) is 0.689. The number of nitrogens with zero attached hydrogens (tertiary/aromatic N) is 1. The van der Waals surface area contributed by atoms with Gasteiger partial charge in [0.05, 0.1) is 19.8 Å². The van der Waals surface area contributed by atoms with Crippen molar-refractivity contribution in [3.05, 3.63) is 89.0 Å². The van der Waals surface area contributed by atoms with Crippen LogP contribution < -0.4 is 14.8 Å². The van der Waals surface area contributed by atoms with Crippen molar-refractivity contribution in [3.8, 4) is 11.5 Å². The highest BCUT2D eigenvalue weighted by Gasteiger charge is 2.24. The minimum Gasteiger partial charge on any atom is -0.493 e. The third-order valence-electron chi connectivity index (χ3n) is 5.05. The third kappa shape index (κ3) is 3.85. The van der Waals surface area contributed by atoms with Crippen LogP contribution in [0.15, 0.2) is 60.9 Å². The highest BCUT2D eigenvalue weighted by atomic mass is 19.1. The molecule has 4 rings (SSSR count). The van der Waals surface area contributed by atoms with Gasteiger partial charge in [-0.25, -0.2) is 4.39 Å². The van der Waals surface area contributed by atoms with Gasteiger partial charge in [-0.2, -0.15) is 0 Å². The lowest BCUT2D eigenvalue weighted by Gasteiger charge is -2.27. The van der Waals surface area contributed by atoms with Gasteiger partial charge < -0.3 is 14.8 Å². The molecule has 0 saturated heterocycles. The fourth-order valence-electron chi connectivity index (χ4n) is 3.68. The summed E-state index contributed by atoms with van der Waals surface area (Å²) in [5, 5.41) is 3.62. The number of hydrogen-bond acceptors (Lipinski definition) is 4. The van der Waals surface area contributed by atoms with Crippen LogP contribution in [0.25, 0.3) is 0 Å². The maximum atomic E-state index is 13.5. The molecule has 1 atom stereocenters. The van der Waals surface area contributed by atoms with Gasteiger partial charge in [-0.15, -0.1) is 0 Å². The number of rotatable bonds is 6. The van der Waals surface area contributed by atoms with Crippen LogP contribution in [0, 0.1) is 5.82 Å².